The maximum absolute atomic E-state index is 12.5. The summed E-state index contributed by atoms with van der Waals surface area (Å²) in [5.41, 5.74) is 5.94. The molecule has 3 N–H and O–H groups in total. The number of aliphatic hydroxyl groups is 1. The second-order valence-electron chi connectivity index (χ2n) is 7.30. The van der Waals surface area contributed by atoms with E-state index in [0.29, 0.717) is 17.5 Å². The van der Waals surface area contributed by atoms with Gasteiger partial charge in [0.2, 0.25) is 5.28 Å². The fourth-order valence-corrected chi connectivity index (χ4v) is 3.91. The number of anilines is 1. The molecule has 0 spiro atoms. The maximum Gasteiger partial charge on any atom is 0.306 e. The molecule has 0 bridgehead atoms. The number of benzene rings is 1. The Balaban J connectivity index is 1.53. The minimum Gasteiger partial charge on any atom is -0.458 e. The molecule has 3 atom stereocenters. The zero-order valence-electron chi connectivity index (χ0n) is 16.6. The highest BCUT2D eigenvalue weighted by atomic mass is 35.5. The van der Waals surface area contributed by atoms with Crippen LogP contribution in [-0.4, -0.2) is 43.9 Å². The molecule has 1 fully saturated rings. The first-order valence-electron chi connectivity index (χ1n) is 9.75. The van der Waals surface area contributed by atoms with E-state index in [4.69, 9.17) is 33.2 Å². The van der Waals surface area contributed by atoms with E-state index < -0.39 is 30.5 Å². The van der Waals surface area contributed by atoms with Crippen molar-refractivity contribution in [3.63, 3.8) is 0 Å². The summed E-state index contributed by atoms with van der Waals surface area (Å²) in [5, 5.41) is 10.6. The molecule has 1 saturated heterocycles. The number of hydrogen-bond acceptors (Lipinski definition) is 7. The van der Waals surface area contributed by atoms with Crippen LogP contribution >= 0.6 is 11.6 Å². The summed E-state index contributed by atoms with van der Waals surface area (Å²) >= 11 is 5.95. The Morgan fingerprint density at radius 1 is 1.39 bits per heavy atom. The van der Waals surface area contributed by atoms with Crippen molar-refractivity contribution in [2.45, 2.75) is 37.2 Å². The summed E-state index contributed by atoms with van der Waals surface area (Å²) in [6, 6.07) is 11.4. The van der Waals surface area contributed by atoms with Crippen LogP contribution in [0.25, 0.3) is 11.0 Å². The highest BCUT2D eigenvalue weighted by molar-refractivity contribution is 6.28. The molecular formula is C22H21ClN4O4. The molecule has 1 aliphatic heterocycles. The van der Waals surface area contributed by atoms with Crippen molar-refractivity contribution in [1.82, 2.24) is 14.5 Å². The van der Waals surface area contributed by atoms with Crippen molar-refractivity contribution in [2.75, 3.05) is 12.3 Å². The first kappa shape index (κ1) is 21.1. The number of nitrogens with two attached hydrogens (primary N) is 1. The summed E-state index contributed by atoms with van der Waals surface area (Å²) in [4.78, 5) is 20.7. The Morgan fingerprint density at radius 2 is 2.16 bits per heavy atom. The Labute approximate surface area is 183 Å². The van der Waals surface area contributed by atoms with Crippen LogP contribution in [0.15, 0.2) is 42.6 Å². The van der Waals surface area contributed by atoms with E-state index in [-0.39, 0.29) is 23.9 Å². The number of carbonyl (C=O) groups excluding carboxylic acids is 1. The number of aromatic nitrogens is 3. The average molecular weight is 441 g/mol. The highest BCUT2D eigenvalue weighted by Gasteiger charge is 2.50. The third-order valence-corrected chi connectivity index (χ3v) is 5.55. The predicted octanol–water partition coefficient (Wildman–Crippen LogP) is 2.49. The van der Waals surface area contributed by atoms with Crippen LogP contribution in [0, 0.1) is 12.3 Å². The van der Waals surface area contributed by atoms with Gasteiger partial charge in [0.25, 0.3) is 0 Å². The minimum absolute atomic E-state index is 0.00259. The average Bonchev–Trinajstić information content (AvgIpc) is 3.35. The fourth-order valence-electron chi connectivity index (χ4n) is 3.74. The van der Waals surface area contributed by atoms with Crippen LogP contribution in [0.3, 0.4) is 0 Å². The summed E-state index contributed by atoms with van der Waals surface area (Å²) in [6.07, 6.45) is 6.88. The molecule has 0 saturated carbocycles. The molecule has 31 heavy (non-hydrogen) atoms. The lowest BCUT2D eigenvalue weighted by atomic mass is 9.98. The van der Waals surface area contributed by atoms with Gasteiger partial charge in [-0.3, -0.25) is 4.79 Å². The van der Waals surface area contributed by atoms with Gasteiger partial charge in [0, 0.05) is 19.0 Å². The zero-order chi connectivity index (χ0) is 22.0. The number of esters is 1. The van der Waals surface area contributed by atoms with Gasteiger partial charge < -0.3 is 24.9 Å². The number of carbonyl (C=O) groups is 1. The fraction of sp³-hybridized carbons (Fsp3) is 0.318. The van der Waals surface area contributed by atoms with Crippen molar-refractivity contribution in [2.24, 2.45) is 0 Å². The van der Waals surface area contributed by atoms with Crippen LogP contribution in [0.2, 0.25) is 5.28 Å². The molecule has 0 amide bonds. The molecule has 160 valence electrons. The van der Waals surface area contributed by atoms with Crippen molar-refractivity contribution in [3.8, 4) is 12.3 Å². The van der Waals surface area contributed by atoms with E-state index in [1.807, 2.05) is 30.3 Å². The van der Waals surface area contributed by atoms with Gasteiger partial charge in [-0.05, 0) is 29.7 Å². The predicted molar refractivity (Wildman–Crippen MR) is 115 cm³/mol. The van der Waals surface area contributed by atoms with E-state index in [0.717, 1.165) is 5.56 Å². The summed E-state index contributed by atoms with van der Waals surface area (Å²) in [6.45, 7) is -0.506. The lowest BCUT2D eigenvalue weighted by Crippen LogP contribution is -2.44. The van der Waals surface area contributed by atoms with Crippen molar-refractivity contribution in [3.05, 3.63) is 53.4 Å². The van der Waals surface area contributed by atoms with Crippen LogP contribution in [0.5, 0.6) is 0 Å². The number of rotatable bonds is 6. The van der Waals surface area contributed by atoms with Crippen LogP contribution < -0.4 is 5.73 Å². The maximum atomic E-state index is 12.5. The van der Waals surface area contributed by atoms with Gasteiger partial charge in [-0.25, -0.2) is 4.98 Å². The number of halogens is 1. The molecule has 3 heterocycles. The quantitative estimate of drug-likeness (QED) is 0.344. The van der Waals surface area contributed by atoms with Gasteiger partial charge in [-0.2, -0.15) is 4.98 Å². The number of terminal acetylenes is 1. The molecule has 4 rings (SSSR count). The lowest BCUT2D eigenvalue weighted by molar-refractivity contribution is -0.158. The summed E-state index contributed by atoms with van der Waals surface area (Å²) < 4.78 is 13.4. The monoisotopic (exact) mass is 440 g/mol. The molecule has 1 aromatic carbocycles. The van der Waals surface area contributed by atoms with Crippen molar-refractivity contribution < 1.29 is 19.4 Å². The first-order valence-corrected chi connectivity index (χ1v) is 10.1. The van der Waals surface area contributed by atoms with E-state index in [1.165, 1.54) is 0 Å². The van der Waals surface area contributed by atoms with Crippen LogP contribution in [-0.2, 0) is 20.7 Å². The third-order valence-electron chi connectivity index (χ3n) is 5.38. The van der Waals surface area contributed by atoms with Crippen molar-refractivity contribution >= 4 is 34.4 Å². The van der Waals surface area contributed by atoms with Crippen LogP contribution in [0.1, 0.15) is 24.6 Å². The van der Waals surface area contributed by atoms with Gasteiger partial charge in [-0.1, -0.05) is 36.3 Å². The van der Waals surface area contributed by atoms with Gasteiger partial charge in [0.05, 0.1) is 12.0 Å². The largest absolute Gasteiger partial charge is 0.458 e. The van der Waals surface area contributed by atoms with Crippen LogP contribution in [0.4, 0.5) is 5.82 Å². The number of ether oxygens (including phenoxy) is 2. The van der Waals surface area contributed by atoms with Gasteiger partial charge in [0.1, 0.15) is 23.8 Å². The minimum atomic E-state index is -1.47. The molecule has 0 aliphatic carbocycles. The highest BCUT2D eigenvalue weighted by Crippen LogP contribution is 2.40. The smallest absolute Gasteiger partial charge is 0.306 e. The van der Waals surface area contributed by atoms with E-state index in [1.54, 1.807) is 16.8 Å². The Morgan fingerprint density at radius 3 is 2.87 bits per heavy atom. The van der Waals surface area contributed by atoms with Crippen molar-refractivity contribution in [1.29, 1.82) is 0 Å². The molecule has 8 nitrogen and oxygen atoms in total. The Hall–Kier alpha value is -3.12. The van der Waals surface area contributed by atoms with E-state index in [2.05, 4.69) is 15.9 Å². The van der Waals surface area contributed by atoms with E-state index >= 15 is 0 Å². The number of fused-ring (bicyclic) bond motifs is 1. The van der Waals surface area contributed by atoms with Gasteiger partial charge >= 0.3 is 5.97 Å². The summed E-state index contributed by atoms with van der Waals surface area (Å²) in [5.74, 6) is 2.29. The second kappa shape index (κ2) is 8.55. The first-order chi connectivity index (χ1) is 15.0. The Kier molecular flexibility index (Phi) is 5.83. The molecule has 0 radical (unpaired) electrons. The topological polar surface area (TPSA) is 112 Å². The SMILES string of the molecule is C#C[C@]1(CO)O[C@@H](n2ccc3c(N)nc(Cl)nc32)C[C@@H]1OC(=O)CCc1ccccc1. The van der Waals surface area contributed by atoms with Gasteiger partial charge in [-0.15, -0.1) is 6.42 Å². The Bertz CT molecular complexity index is 1140. The summed E-state index contributed by atoms with van der Waals surface area (Å²) in [7, 11) is 0. The standard InChI is InChI=1S/C22H21ClN4O4/c1-2-22(13-28)16(30-18(29)9-8-14-6-4-3-5-7-14)12-17(31-22)27-11-10-15-19(24)25-21(23)26-20(15)27/h1,3-7,10-11,16-17,28H,8-9,12-13H2,(H2,24,25,26)/t16-,17+,22+/m0/s1. The molecule has 2 aromatic heterocycles. The number of nitrogen functional groups attached to an aromatic ring is 1. The molecule has 0 unspecified atom stereocenters. The molecule has 1 aliphatic rings. The molecule has 9 heteroatoms. The number of aliphatic hydroxyl groups excluding tert-OH is 1. The number of aryl methyl sites for hydroxylation is 1. The van der Waals surface area contributed by atoms with Gasteiger partial charge in [0.15, 0.2) is 5.60 Å². The second-order valence-corrected chi connectivity index (χ2v) is 7.64. The third kappa shape index (κ3) is 4.08. The number of nitrogens with zero attached hydrogens (tertiary/aromatic N) is 3. The molecular weight excluding hydrogens is 420 g/mol. The van der Waals surface area contributed by atoms with E-state index in [9.17, 15) is 9.90 Å². The normalized spacial score (nSPS) is 23.0. The number of hydrogen-bond donors (Lipinski definition) is 2. The lowest BCUT2D eigenvalue weighted by Gasteiger charge is -2.26. The molecule has 3 aromatic rings. The zero-order valence-corrected chi connectivity index (χ0v) is 17.3.